The van der Waals surface area contributed by atoms with Gasteiger partial charge >= 0.3 is 0 Å². The van der Waals surface area contributed by atoms with Crippen molar-refractivity contribution in [1.29, 1.82) is 0 Å². The van der Waals surface area contributed by atoms with Gasteiger partial charge in [-0.25, -0.2) is 0 Å². The van der Waals surface area contributed by atoms with Crippen LogP contribution in [0.1, 0.15) is 26.7 Å². The number of aliphatic imine (C=N–C) groups is 1. The highest BCUT2D eigenvalue weighted by molar-refractivity contribution is 5.80. The van der Waals surface area contributed by atoms with Gasteiger partial charge in [-0.1, -0.05) is 12.2 Å². The highest BCUT2D eigenvalue weighted by atomic mass is 16.5. The summed E-state index contributed by atoms with van der Waals surface area (Å²) >= 11 is 0. The second-order valence-corrected chi connectivity index (χ2v) is 6.11. The Bertz CT molecular complexity index is 364. The van der Waals surface area contributed by atoms with Gasteiger partial charge in [-0.2, -0.15) is 0 Å². The molecule has 0 spiro atoms. The van der Waals surface area contributed by atoms with Gasteiger partial charge in [0, 0.05) is 45.8 Å². The Morgan fingerprint density at radius 2 is 2.14 bits per heavy atom. The Morgan fingerprint density at radius 3 is 2.86 bits per heavy atom. The fraction of sp³-hybridized carbons (Fsp3) is 0.824. The summed E-state index contributed by atoms with van der Waals surface area (Å²) in [5.41, 5.74) is 0. The van der Waals surface area contributed by atoms with Gasteiger partial charge in [0.05, 0.1) is 13.2 Å². The molecule has 2 aliphatic heterocycles. The molecule has 0 aliphatic carbocycles. The van der Waals surface area contributed by atoms with Crippen LogP contribution in [0.3, 0.4) is 0 Å². The van der Waals surface area contributed by atoms with E-state index >= 15 is 0 Å². The molecule has 126 valence electrons. The van der Waals surface area contributed by atoms with Crippen LogP contribution in [0.4, 0.5) is 0 Å². The minimum absolute atomic E-state index is 0.762. The van der Waals surface area contributed by atoms with Crippen LogP contribution in [0.5, 0.6) is 0 Å². The second kappa shape index (κ2) is 9.85. The number of rotatable bonds is 6. The summed E-state index contributed by atoms with van der Waals surface area (Å²) in [6.45, 7) is 13.5. The third-order valence-electron chi connectivity index (χ3n) is 4.33. The molecule has 0 aromatic rings. The summed E-state index contributed by atoms with van der Waals surface area (Å²) in [4.78, 5) is 9.75. The maximum atomic E-state index is 5.43. The van der Waals surface area contributed by atoms with Crippen molar-refractivity contribution in [1.82, 2.24) is 15.1 Å². The van der Waals surface area contributed by atoms with E-state index in [-0.39, 0.29) is 0 Å². The Kier molecular flexibility index (Phi) is 7.74. The summed E-state index contributed by atoms with van der Waals surface area (Å²) in [5, 5.41) is 3.44. The van der Waals surface area contributed by atoms with E-state index in [1.807, 2.05) is 0 Å². The van der Waals surface area contributed by atoms with Crippen LogP contribution in [-0.2, 0) is 4.74 Å². The molecular formula is C17H32N4O. The monoisotopic (exact) mass is 308 g/mol. The van der Waals surface area contributed by atoms with Gasteiger partial charge in [0.1, 0.15) is 0 Å². The van der Waals surface area contributed by atoms with Crippen molar-refractivity contribution < 1.29 is 4.74 Å². The Labute approximate surface area is 135 Å². The Morgan fingerprint density at radius 1 is 1.32 bits per heavy atom. The number of likely N-dealkylation sites (tertiary alicyclic amines) is 1. The highest BCUT2D eigenvalue weighted by Gasteiger charge is 2.26. The van der Waals surface area contributed by atoms with Crippen LogP contribution >= 0.6 is 0 Å². The molecule has 0 aromatic carbocycles. The lowest BCUT2D eigenvalue weighted by molar-refractivity contribution is 0.0315. The zero-order valence-corrected chi connectivity index (χ0v) is 14.3. The molecule has 5 heteroatoms. The van der Waals surface area contributed by atoms with Crippen molar-refractivity contribution in [3.8, 4) is 0 Å². The summed E-state index contributed by atoms with van der Waals surface area (Å²) in [6, 6.07) is 0. The average Bonchev–Trinajstić information content (AvgIpc) is 3.00. The fourth-order valence-electron chi connectivity index (χ4n) is 3.16. The van der Waals surface area contributed by atoms with Crippen LogP contribution in [0, 0.1) is 5.92 Å². The lowest BCUT2D eigenvalue weighted by atomic mass is 10.1. The van der Waals surface area contributed by atoms with E-state index in [9.17, 15) is 0 Å². The first-order chi connectivity index (χ1) is 10.8. The molecule has 5 nitrogen and oxygen atoms in total. The number of hydrogen-bond acceptors (Lipinski definition) is 3. The van der Waals surface area contributed by atoms with Crippen LogP contribution in [0.25, 0.3) is 0 Å². The number of hydrogen-bond donors (Lipinski definition) is 1. The predicted octanol–water partition coefficient (Wildman–Crippen LogP) is 1.57. The molecule has 0 saturated carbocycles. The predicted molar refractivity (Wildman–Crippen MR) is 92.3 cm³/mol. The van der Waals surface area contributed by atoms with Crippen molar-refractivity contribution in [2.45, 2.75) is 26.7 Å². The molecule has 0 aromatic heterocycles. The zero-order valence-electron chi connectivity index (χ0n) is 14.3. The lowest BCUT2D eigenvalue weighted by Gasteiger charge is -2.29. The highest BCUT2D eigenvalue weighted by Crippen LogP contribution is 2.18. The van der Waals surface area contributed by atoms with Crippen molar-refractivity contribution in [2.24, 2.45) is 10.9 Å². The first-order valence-corrected chi connectivity index (χ1v) is 8.78. The smallest absolute Gasteiger partial charge is 0.193 e. The normalized spacial score (nSPS) is 24.4. The van der Waals surface area contributed by atoms with Gasteiger partial charge in [0.25, 0.3) is 0 Å². The van der Waals surface area contributed by atoms with Gasteiger partial charge in [0.15, 0.2) is 5.96 Å². The summed E-state index contributed by atoms with van der Waals surface area (Å²) in [6.07, 6.45) is 6.57. The minimum atomic E-state index is 0.762. The van der Waals surface area contributed by atoms with Crippen molar-refractivity contribution in [2.75, 3.05) is 59.0 Å². The number of guanidine groups is 1. The molecule has 2 fully saturated rings. The van der Waals surface area contributed by atoms with E-state index in [1.54, 1.807) is 0 Å². The number of nitrogens with one attached hydrogen (secondary N) is 1. The van der Waals surface area contributed by atoms with Crippen LogP contribution < -0.4 is 5.32 Å². The summed E-state index contributed by atoms with van der Waals surface area (Å²) in [7, 11) is 0. The van der Waals surface area contributed by atoms with Gasteiger partial charge in [0.2, 0.25) is 0 Å². The Hall–Kier alpha value is -1.07. The van der Waals surface area contributed by atoms with Crippen LogP contribution in [0.2, 0.25) is 0 Å². The largest absolute Gasteiger partial charge is 0.379 e. The van der Waals surface area contributed by atoms with Crippen molar-refractivity contribution in [3.63, 3.8) is 0 Å². The molecule has 22 heavy (non-hydrogen) atoms. The van der Waals surface area contributed by atoms with Gasteiger partial charge in [-0.3, -0.25) is 9.89 Å². The molecule has 2 aliphatic rings. The third kappa shape index (κ3) is 5.61. The molecule has 1 N–H and O–H groups in total. The molecule has 0 bridgehead atoms. The van der Waals surface area contributed by atoms with Crippen molar-refractivity contribution in [3.05, 3.63) is 12.2 Å². The first kappa shape index (κ1) is 17.3. The molecule has 2 rings (SSSR count). The quantitative estimate of drug-likeness (QED) is 0.350. The van der Waals surface area contributed by atoms with Gasteiger partial charge in [-0.15, -0.1) is 0 Å². The van der Waals surface area contributed by atoms with Gasteiger partial charge in [-0.05, 0) is 32.6 Å². The van der Waals surface area contributed by atoms with Crippen LogP contribution in [0.15, 0.2) is 17.1 Å². The van der Waals surface area contributed by atoms with Crippen molar-refractivity contribution >= 4 is 5.96 Å². The number of allylic oxidation sites excluding steroid dienone is 1. The van der Waals surface area contributed by atoms with E-state index in [0.717, 1.165) is 70.8 Å². The summed E-state index contributed by atoms with van der Waals surface area (Å²) < 4.78 is 5.43. The summed E-state index contributed by atoms with van der Waals surface area (Å²) in [5.74, 6) is 1.86. The minimum Gasteiger partial charge on any atom is -0.379 e. The molecule has 1 unspecified atom stereocenters. The average molecular weight is 308 g/mol. The SMILES string of the molecule is CC=CCCN=C(NCC)N1CCC(CN2CCOCC2)C1. The molecular weight excluding hydrogens is 276 g/mol. The molecule has 0 amide bonds. The van der Waals surface area contributed by atoms with E-state index in [2.05, 4.69) is 41.1 Å². The second-order valence-electron chi connectivity index (χ2n) is 6.11. The van der Waals surface area contributed by atoms with E-state index in [0.29, 0.717) is 0 Å². The lowest BCUT2D eigenvalue weighted by Crippen LogP contribution is -2.42. The molecule has 2 saturated heterocycles. The third-order valence-corrected chi connectivity index (χ3v) is 4.33. The standard InChI is InChI=1S/C17H32N4O/c1-3-5-6-8-19-17(18-4-2)21-9-7-16(15-21)14-20-10-12-22-13-11-20/h3,5,16H,4,6-15H2,1-2H3,(H,18,19). The van der Waals surface area contributed by atoms with Crippen LogP contribution in [-0.4, -0.2) is 74.8 Å². The Balaban J connectivity index is 1.79. The maximum absolute atomic E-state index is 5.43. The van der Waals surface area contributed by atoms with E-state index in [1.165, 1.54) is 13.0 Å². The molecule has 1 atom stereocenters. The van der Waals surface area contributed by atoms with Gasteiger partial charge < -0.3 is 15.0 Å². The van der Waals surface area contributed by atoms with E-state index < -0.39 is 0 Å². The molecule has 2 heterocycles. The number of ether oxygens (including phenoxy) is 1. The number of nitrogens with zero attached hydrogens (tertiary/aromatic N) is 3. The maximum Gasteiger partial charge on any atom is 0.193 e. The number of morpholine rings is 1. The fourth-order valence-corrected chi connectivity index (χ4v) is 3.16. The topological polar surface area (TPSA) is 40.1 Å². The first-order valence-electron chi connectivity index (χ1n) is 8.78. The van der Waals surface area contributed by atoms with E-state index in [4.69, 9.17) is 9.73 Å². The zero-order chi connectivity index (χ0) is 15.6. The molecule has 0 radical (unpaired) electrons.